The second-order valence-corrected chi connectivity index (χ2v) is 5.40. The van der Waals surface area contributed by atoms with Crippen LogP contribution in [0.5, 0.6) is 11.5 Å². The fourth-order valence-electron chi connectivity index (χ4n) is 2.10. The van der Waals surface area contributed by atoms with Gasteiger partial charge in [-0.05, 0) is 50.1 Å². The Labute approximate surface area is 138 Å². The number of benzene rings is 2. The molecule has 0 fully saturated rings. The molecule has 2 aromatic carbocycles. The molecule has 0 radical (unpaired) electrons. The SMILES string of the molecule is CCOc1cc(CNNc2ccccc2)ccc1OC(C)CC. The Morgan fingerprint density at radius 2 is 1.78 bits per heavy atom. The lowest BCUT2D eigenvalue weighted by atomic mass is 10.2. The maximum Gasteiger partial charge on any atom is 0.161 e. The van der Waals surface area contributed by atoms with Gasteiger partial charge in [-0.25, -0.2) is 5.43 Å². The van der Waals surface area contributed by atoms with E-state index < -0.39 is 0 Å². The Hall–Kier alpha value is -2.20. The quantitative estimate of drug-likeness (QED) is 0.674. The van der Waals surface area contributed by atoms with Crippen LogP contribution < -0.4 is 20.3 Å². The predicted octanol–water partition coefficient (Wildman–Crippen LogP) is 4.38. The van der Waals surface area contributed by atoms with E-state index in [0.29, 0.717) is 13.2 Å². The van der Waals surface area contributed by atoms with Gasteiger partial charge >= 0.3 is 0 Å². The molecule has 23 heavy (non-hydrogen) atoms. The minimum atomic E-state index is 0.179. The average molecular weight is 314 g/mol. The van der Waals surface area contributed by atoms with Crippen molar-refractivity contribution in [2.45, 2.75) is 39.8 Å². The van der Waals surface area contributed by atoms with Crippen molar-refractivity contribution in [1.29, 1.82) is 0 Å². The van der Waals surface area contributed by atoms with Crippen molar-refractivity contribution < 1.29 is 9.47 Å². The average Bonchev–Trinajstić information content (AvgIpc) is 2.58. The molecule has 0 aromatic heterocycles. The zero-order valence-corrected chi connectivity index (χ0v) is 14.1. The maximum atomic E-state index is 5.91. The van der Waals surface area contributed by atoms with Crippen LogP contribution in [0, 0.1) is 0 Å². The Morgan fingerprint density at radius 3 is 2.48 bits per heavy atom. The number of hydrogen-bond donors (Lipinski definition) is 2. The first-order valence-electron chi connectivity index (χ1n) is 8.19. The summed E-state index contributed by atoms with van der Waals surface area (Å²) in [7, 11) is 0. The van der Waals surface area contributed by atoms with E-state index in [1.54, 1.807) is 0 Å². The van der Waals surface area contributed by atoms with Crippen molar-refractivity contribution in [1.82, 2.24) is 5.43 Å². The van der Waals surface area contributed by atoms with Crippen LogP contribution in [0.25, 0.3) is 0 Å². The first-order chi connectivity index (χ1) is 11.2. The lowest BCUT2D eigenvalue weighted by molar-refractivity contribution is 0.203. The second-order valence-electron chi connectivity index (χ2n) is 5.40. The summed E-state index contributed by atoms with van der Waals surface area (Å²) in [6.07, 6.45) is 1.15. The van der Waals surface area contributed by atoms with E-state index >= 15 is 0 Å². The molecule has 2 N–H and O–H groups in total. The number of rotatable bonds is 9. The molecule has 2 rings (SSSR count). The molecule has 0 aliphatic rings. The number of para-hydroxylation sites is 1. The minimum absolute atomic E-state index is 0.179. The molecule has 0 saturated carbocycles. The van der Waals surface area contributed by atoms with Crippen LogP contribution in [-0.4, -0.2) is 12.7 Å². The van der Waals surface area contributed by atoms with Crippen molar-refractivity contribution in [2.24, 2.45) is 0 Å². The molecule has 0 heterocycles. The number of nitrogens with one attached hydrogen (secondary N) is 2. The molecular weight excluding hydrogens is 288 g/mol. The summed E-state index contributed by atoms with van der Waals surface area (Å²) in [6, 6.07) is 16.1. The van der Waals surface area contributed by atoms with Crippen LogP contribution in [0.2, 0.25) is 0 Å². The van der Waals surface area contributed by atoms with Crippen molar-refractivity contribution in [3.8, 4) is 11.5 Å². The highest BCUT2D eigenvalue weighted by molar-refractivity contribution is 5.44. The van der Waals surface area contributed by atoms with E-state index in [9.17, 15) is 0 Å². The largest absolute Gasteiger partial charge is 0.490 e. The second kappa shape index (κ2) is 9.06. The zero-order valence-electron chi connectivity index (χ0n) is 14.1. The van der Waals surface area contributed by atoms with Crippen molar-refractivity contribution >= 4 is 5.69 Å². The van der Waals surface area contributed by atoms with E-state index in [4.69, 9.17) is 9.47 Å². The van der Waals surface area contributed by atoms with Crippen LogP contribution in [0.3, 0.4) is 0 Å². The van der Waals surface area contributed by atoms with Gasteiger partial charge in [0, 0.05) is 12.2 Å². The van der Waals surface area contributed by atoms with Crippen molar-refractivity contribution in [2.75, 3.05) is 12.0 Å². The highest BCUT2D eigenvalue weighted by atomic mass is 16.5. The standard InChI is InChI=1S/C19H26N2O2/c1-4-15(3)23-18-12-11-16(13-19(18)22-5-2)14-20-21-17-9-7-6-8-10-17/h6-13,15,20-21H,4-5,14H2,1-3H3. The maximum absolute atomic E-state index is 5.91. The smallest absolute Gasteiger partial charge is 0.161 e. The molecule has 1 atom stereocenters. The number of ether oxygens (including phenoxy) is 2. The van der Waals surface area contributed by atoms with Gasteiger partial charge in [0.05, 0.1) is 12.7 Å². The summed E-state index contributed by atoms with van der Waals surface area (Å²) >= 11 is 0. The molecule has 0 aliphatic heterocycles. The topological polar surface area (TPSA) is 42.5 Å². The molecule has 0 bridgehead atoms. The lowest BCUT2D eigenvalue weighted by Gasteiger charge is -2.17. The van der Waals surface area contributed by atoms with Crippen LogP contribution >= 0.6 is 0 Å². The molecule has 124 valence electrons. The van der Waals surface area contributed by atoms with Gasteiger partial charge in [-0.2, -0.15) is 0 Å². The molecular formula is C19H26N2O2. The summed E-state index contributed by atoms with van der Waals surface area (Å²) in [5.41, 5.74) is 8.56. The van der Waals surface area contributed by atoms with Gasteiger partial charge in [-0.15, -0.1) is 0 Å². The van der Waals surface area contributed by atoms with E-state index in [2.05, 4.69) is 30.8 Å². The van der Waals surface area contributed by atoms with E-state index in [1.807, 2.05) is 49.4 Å². The Morgan fingerprint density at radius 1 is 1.00 bits per heavy atom. The summed E-state index contributed by atoms with van der Waals surface area (Å²) < 4.78 is 11.6. The van der Waals surface area contributed by atoms with Gasteiger partial charge in [0.15, 0.2) is 11.5 Å². The number of anilines is 1. The Balaban J connectivity index is 1.97. The molecule has 0 amide bonds. The molecule has 0 saturated heterocycles. The summed E-state index contributed by atoms with van der Waals surface area (Å²) in [6.45, 7) is 7.47. The fourth-order valence-corrected chi connectivity index (χ4v) is 2.10. The van der Waals surface area contributed by atoms with E-state index in [0.717, 1.165) is 29.2 Å². The molecule has 4 heteroatoms. The Bertz CT molecular complexity index is 587. The normalized spacial score (nSPS) is 11.8. The third kappa shape index (κ3) is 5.49. The molecule has 4 nitrogen and oxygen atoms in total. The van der Waals surface area contributed by atoms with Gasteiger partial charge in [0.1, 0.15) is 0 Å². The van der Waals surface area contributed by atoms with E-state index in [1.165, 1.54) is 0 Å². The summed E-state index contributed by atoms with van der Waals surface area (Å²) in [5.74, 6) is 1.60. The fraction of sp³-hybridized carbons (Fsp3) is 0.368. The van der Waals surface area contributed by atoms with E-state index in [-0.39, 0.29) is 6.10 Å². The number of hydrazine groups is 1. The van der Waals surface area contributed by atoms with Crippen LogP contribution in [0.4, 0.5) is 5.69 Å². The zero-order chi connectivity index (χ0) is 16.5. The van der Waals surface area contributed by atoms with Gasteiger partial charge in [0.2, 0.25) is 0 Å². The highest BCUT2D eigenvalue weighted by Crippen LogP contribution is 2.29. The first-order valence-corrected chi connectivity index (χ1v) is 8.19. The molecule has 2 aromatic rings. The van der Waals surface area contributed by atoms with Crippen LogP contribution in [-0.2, 0) is 6.54 Å². The highest BCUT2D eigenvalue weighted by Gasteiger charge is 2.09. The molecule has 0 spiro atoms. The van der Waals surface area contributed by atoms with Gasteiger partial charge in [0.25, 0.3) is 0 Å². The monoisotopic (exact) mass is 314 g/mol. The third-order valence-corrected chi connectivity index (χ3v) is 3.51. The van der Waals surface area contributed by atoms with Crippen LogP contribution in [0.15, 0.2) is 48.5 Å². The first kappa shape index (κ1) is 17.2. The van der Waals surface area contributed by atoms with Gasteiger partial charge in [-0.3, -0.25) is 0 Å². The predicted molar refractivity (Wildman–Crippen MR) is 94.9 cm³/mol. The summed E-state index contributed by atoms with van der Waals surface area (Å²) in [4.78, 5) is 0. The molecule has 1 unspecified atom stereocenters. The lowest BCUT2D eigenvalue weighted by Crippen LogP contribution is -2.20. The van der Waals surface area contributed by atoms with Crippen LogP contribution in [0.1, 0.15) is 32.8 Å². The van der Waals surface area contributed by atoms with Gasteiger partial charge < -0.3 is 14.9 Å². The number of hydrogen-bond acceptors (Lipinski definition) is 4. The molecule has 0 aliphatic carbocycles. The minimum Gasteiger partial charge on any atom is -0.490 e. The summed E-state index contributed by atoms with van der Waals surface area (Å²) in [5, 5.41) is 0. The van der Waals surface area contributed by atoms with Crippen molar-refractivity contribution in [3.63, 3.8) is 0 Å². The third-order valence-electron chi connectivity index (χ3n) is 3.51. The van der Waals surface area contributed by atoms with Crippen molar-refractivity contribution in [3.05, 3.63) is 54.1 Å². The Kier molecular flexibility index (Phi) is 6.76. The van der Waals surface area contributed by atoms with Gasteiger partial charge in [-0.1, -0.05) is 31.2 Å².